The monoisotopic (exact) mass is 396 g/mol. The van der Waals surface area contributed by atoms with Gasteiger partial charge in [0, 0.05) is 19.2 Å². The Kier molecular flexibility index (Phi) is 5.49. The van der Waals surface area contributed by atoms with Crippen LogP contribution in [0.1, 0.15) is 41.5 Å². The van der Waals surface area contributed by atoms with Gasteiger partial charge in [-0.15, -0.1) is 0 Å². The van der Waals surface area contributed by atoms with E-state index in [1.807, 2.05) is 20.8 Å². The third-order valence-corrected chi connectivity index (χ3v) is 4.91. The van der Waals surface area contributed by atoms with Gasteiger partial charge in [-0.3, -0.25) is 19.1 Å². The van der Waals surface area contributed by atoms with Gasteiger partial charge in [-0.2, -0.15) is 0 Å². The van der Waals surface area contributed by atoms with Crippen molar-refractivity contribution in [3.8, 4) is 0 Å². The summed E-state index contributed by atoms with van der Waals surface area (Å²) in [7, 11) is 1.45. The average molecular weight is 396 g/mol. The van der Waals surface area contributed by atoms with E-state index in [0.29, 0.717) is 23.1 Å². The standard InChI is InChI=1S/C20H24N6O3/c1-5-6-9-26-17(21)16(18(27)24-20(26)29)25(4)19(28)13-7-8-14-15(10-13)23-12(3)11(2)22-14/h7-8,10H,5-6,9,21H2,1-4H3,(H,24,27,29). The van der Waals surface area contributed by atoms with Crippen molar-refractivity contribution in [2.75, 3.05) is 17.7 Å². The van der Waals surface area contributed by atoms with Crippen molar-refractivity contribution in [3.63, 3.8) is 0 Å². The van der Waals surface area contributed by atoms with Gasteiger partial charge in [0.1, 0.15) is 5.82 Å². The Balaban J connectivity index is 2.04. The van der Waals surface area contributed by atoms with Crippen LogP contribution in [-0.2, 0) is 6.54 Å². The van der Waals surface area contributed by atoms with Gasteiger partial charge in [0.05, 0.1) is 22.4 Å². The number of carbonyl (C=O) groups is 1. The van der Waals surface area contributed by atoms with E-state index in [0.717, 1.165) is 29.1 Å². The molecule has 0 aliphatic heterocycles. The molecule has 0 unspecified atom stereocenters. The highest BCUT2D eigenvalue weighted by atomic mass is 16.2. The van der Waals surface area contributed by atoms with Gasteiger partial charge < -0.3 is 10.6 Å². The summed E-state index contributed by atoms with van der Waals surface area (Å²) in [5.41, 5.74) is 7.95. The van der Waals surface area contributed by atoms with E-state index in [2.05, 4.69) is 15.0 Å². The Morgan fingerprint density at radius 2 is 1.83 bits per heavy atom. The van der Waals surface area contributed by atoms with E-state index in [9.17, 15) is 14.4 Å². The Bertz CT molecular complexity index is 1210. The predicted molar refractivity (Wildman–Crippen MR) is 112 cm³/mol. The molecule has 0 saturated carbocycles. The summed E-state index contributed by atoms with van der Waals surface area (Å²) in [6.45, 7) is 6.06. The Morgan fingerprint density at radius 3 is 2.48 bits per heavy atom. The molecule has 29 heavy (non-hydrogen) atoms. The van der Waals surface area contributed by atoms with E-state index in [-0.39, 0.29) is 11.5 Å². The van der Waals surface area contributed by atoms with Crippen LogP contribution in [0.4, 0.5) is 11.5 Å². The molecular formula is C20H24N6O3. The van der Waals surface area contributed by atoms with Crippen LogP contribution in [0.25, 0.3) is 11.0 Å². The molecule has 0 spiro atoms. The Labute approximate surface area is 167 Å². The summed E-state index contributed by atoms with van der Waals surface area (Å²) in [5, 5.41) is 0. The summed E-state index contributed by atoms with van der Waals surface area (Å²) in [5.74, 6) is -0.472. The fourth-order valence-corrected chi connectivity index (χ4v) is 3.10. The lowest BCUT2D eigenvalue weighted by Crippen LogP contribution is -2.39. The number of nitrogens with one attached hydrogen (secondary N) is 1. The largest absolute Gasteiger partial charge is 0.383 e. The first-order valence-electron chi connectivity index (χ1n) is 9.40. The molecule has 1 amide bonds. The van der Waals surface area contributed by atoms with Crippen molar-refractivity contribution < 1.29 is 4.79 Å². The zero-order valence-corrected chi connectivity index (χ0v) is 16.9. The van der Waals surface area contributed by atoms with Crippen molar-refractivity contribution in [1.29, 1.82) is 0 Å². The van der Waals surface area contributed by atoms with Crippen molar-refractivity contribution >= 4 is 28.4 Å². The lowest BCUT2D eigenvalue weighted by atomic mass is 10.1. The van der Waals surface area contributed by atoms with E-state index >= 15 is 0 Å². The number of nitrogens with two attached hydrogens (primary N) is 1. The van der Waals surface area contributed by atoms with Crippen molar-refractivity contribution in [1.82, 2.24) is 19.5 Å². The molecule has 152 valence electrons. The van der Waals surface area contributed by atoms with Gasteiger partial charge in [-0.05, 0) is 38.5 Å². The predicted octanol–water partition coefficient (Wildman–Crippen LogP) is 1.76. The van der Waals surface area contributed by atoms with E-state index in [1.54, 1.807) is 18.2 Å². The number of unbranched alkanes of at least 4 members (excludes halogenated alkanes) is 1. The molecule has 0 atom stereocenters. The number of hydrogen-bond acceptors (Lipinski definition) is 6. The first-order chi connectivity index (χ1) is 13.7. The summed E-state index contributed by atoms with van der Waals surface area (Å²) in [4.78, 5) is 49.9. The fourth-order valence-electron chi connectivity index (χ4n) is 3.10. The van der Waals surface area contributed by atoms with Crippen molar-refractivity contribution in [2.24, 2.45) is 0 Å². The van der Waals surface area contributed by atoms with E-state index in [1.165, 1.54) is 11.6 Å². The van der Waals surface area contributed by atoms with Gasteiger partial charge in [0.25, 0.3) is 11.5 Å². The number of hydrogen-bond donors (Lipinski definition) is 2. The second-order valence-electron chi connectivity index (χ2n) is 6.96. The first kappa shape index (κ1) is 20.2. The molecule has 0 radical (unpaired) electrons. The summed E-state index contributed by atoms with van der Waals surface area (Å²) >= 11 is 0. The van der Waals surface area contributed by atoms with Gasteiger partial charge in [0.2, 0.25) is 0 Å². The molecule has 2 aromatic heterocycles. The molecular weight excluding hydrogens is 372 g/mol. The number of benzene rings is 1. The van der Waals surface area contributed by atoms with Crippen LogP contribution in [0.2, 0.25) is 0 Å². The van der Waals surface area contributed by atoms with Gasteiger partial charge in [0.15, 0.2) is 5.69 Å². The number of amides is 1. The maximum atomic E-state index is 13.0. The molecule has 0 fully saturated rings. The zero-order chi connectivity index (χ0) is 21.3. The number of rotatable bonds is 5. The number of aromatic nitrogens is 4. The van der Waals surface area contributed by atoms with Crippen molar-refractivity contribution in [2.45, 2.75) is 40.2 Å². The van der Waals surface area contributed by atoms with Crippen LogP contribution in [-0.4, -0.2) is 32.5 Å². The Hall–Kier alpha value is -3.49. The van der Waals surface area contributed by atoms with Crippen molar-refractivity contribution in [3.05, 3.63) is 56.0 Å². The highest BCUT2D eigenvalue weighted by Gasteiger charge is 2.22. The van der Waals surface area contributed by atoms with Crippen LogP contribution in [0, 0.1) is 13.8 Å². The SMILES string of the molecule is CCCCn1c(N)c(N(C)C(=O)c2ccc3nc(C)c(C)nc3c2)c(=O)[nH]c1=O. The summed E-state index contributed by atoms with van der Waals surface area (Å²) in [6, 6.07) is 4.97. The number of carbonyl (C=O) groups excluding carboxylic acids is 1. The maximum absolute atomic E-state index is 13.0. The maximum Gasteiger partial charge on any atom is 0.330 e. The summed E-state index contributed by atoms with van der Waals surface area (Å²) < 4.78 is 1.28. The topological polar surface area (TPSA) is 127 Å². The molecule has 0 aliphatic carbocycles. The quantitative estimate of drug-likeness (QED) is 0.676. The number of aryl methyl sites for hydroxylation is 2. The number of nitrogens with zero attached hydrogens (tertiary/aromatic N) is 4. The van der Waals surface area contributed by atoms with Crippen LogP contribution in [0.5, 0.6) is 0 Å². The third kappa shape index (κ3) is 3.75. The molecule has 0 bridgehead atoms. The summed E-state index contributed by atoms with van der Waals surface area (Å²) in [6.07, 6.45) is 1.57. The van der Waals surface area contributed by atoms with E-state index < -0.39 is 17.2 Å². The van der Waals surface area contributed by atoms with Gasteiger partial charge in [-0.1, -0.05) is 13.3 Å². The molecule has 2 heterocycles. The highest BCUT2D eigenvalue weighted by Crippen LogP contribution is 2.20. The molecule has 3 aromatic rings. The molecule has 9 nitrogen and oxygen atoms in total. The second kappa shape index (κ2) is 7.86. The number of anilines is 2. The third-order valence-electron chi connectivity index (χ3n) is 4.91. The lowest BCUT2D eigenvalue weighted by Gasteiger charge is -2.20. The van der Waals surface area contributed by atoms with Crippen LogP contribution in [0.3, 0.4) is 0 Å². The van der Waals surface area contributed by atoms with Crippen LogP contribution in [0.15, 0.2) is 27.8 Å². The van der Waals surface area contributed by atoms with Gasteiger partial charge in [-0.25, -0.2) is 14.8 Å². The van der Waals surface area contributed by atoms with Crippen LogP contribution < -0.4 is 21.9 Å². The van der Waals surface area contributed by atoms with E-state index in [4.69, 9.17) is 5.73 Å². The molecule has 9 heteroatoms. The smallest absolute Gasteiger partial charge is 0.330 e. The molecule has 1 aromatic carbocycles. The minimum Gasteiger partial charge on any atom is -0.383 e. The minimum atomic E-state index is -0.705. The second-order valence-corrected chi connectivity index (χ2v) is 6.96. The molecule has 0 aliphatic rings. The number of fused-ring (bicyclic) bond motifs is 1. The first-order valence-corrected chi connectivity index (χ1v) is 9.40. The molecule has 0 saturated heterocycles. The lowest BCUT2D eigenvalue weighted by molar-refractivity contribution is 0.0992. The normalized spacial score (nSPS) is 11.0. The van der Waals surface area contributed by atoms with Gasteiger partial charge >= 0.3 is 5.69 Å². The number of aromatic amines is 1. The fraction of sp³-hybridized carbons (Fsp3) is 0.350. The molecule has 3 N–H and O–H groups in total. The van der Waals surface area contributed by atoms with Crippen LogP contribution >= 0.6 is 0 Å². The zero-order valence-electron chi connectivity index (χ0n) is 16.9. The molecule has 3 rings (SSSR count). The Morgan fingerprint density at radius 1 is 1.17 bits per heavy atom. The minimum absolute atomic E-state index is 0.0323. The highest BCUT2D eigenvalue weighted by molar-refractivity contribution is 6.08. The number of H-pyrrole nitrogens is 1. The average Bonchev–Trinajstić information content (AvgIpc) is 2.67. The number of nitrogen functional groups attached to an aromatic ring is 1.